The second-order valence-corrected chi connectivity index (χ2v) is 10.0. The van der Waals surface area contributed by atoms with E-state index >= 15 is 0 Å². The van der Waals surface area contributed by atoms with Crippen LogP contribution in [0, 0.1) is 13.8 Å². The molecule has 6 nitrogen and oxygen atoms in total. The van der Waals surface area contributed by atoms with Gasteiger partial charge in [-0.15, -0.1) is 0 Å². The molecule has 0 saturated carbocycles. The van der Waals surface area contributed by atoms with Gasteiger partial charge in [-0.05, 0) is 74.2 Å². The van der Waals surface area contributed by atoms with Gasteiger partial charge in [-0.3, -0.25) is 9.59 Å². The van der Waals surface area contributed by atoms with Crippen LogP contribution >= 0.6 is 31.9 Å². The standard InChI is InChI=1S/C26H34Br2N2O4/c1-19-15-21(27)9-11-23(19)33-17-25(31)29-13-7-5-3-4-6-8-14-30-26(32)18-34-24-12-10-22(28)16-20(24)2/h9-12,15-16H,3-8,13-14,17-18H2,1-2H3,(H,29,31)(H,30,32). The van der Waals surface area contributed by atoms with Crippen LogP contribution in [0.4, 0.5) is 0 Å². The van der Waals surface area contributed by atoms with Crippen molar-refractivity contribution in [2.75, 3.05) is 26.3 Å². The Bertz CT molecular complexity index is 862. The van der Waals surface area contributed by atoms with E-state index in [2.05, 4.69) is 42.5 Å². The van der Waals surface area contributed by atoms with E-state index < -0.39 is 0 Å². The fourth-order valence-corrected chi connectivity index (χ4v) is 4.30. The first-order valence-electron chi connectivity index (χ1n) is 11.7. The van der Waals surface area contributed by atoms with Gasteiger partial charge in [0, 0.05) is 22.0 Å². The molecule has 0 unspecified atom stereocenters. The highest BCUT2D eigenvalue weighted by Gasteiger charge is 2.06. The van der Waals surface area contributed by atoms with Crippen molar-refractivity contribution in [3.63, 3.8) is 0 Å². The van der Waals surface area contributed by atoms with Crippen LogP contribution in [0.1, 0.15) is 49.7 Å². The van der Waals surface area contributed by atoms with Crippen LogP contribution in [-0.2, 0) is 9.59 Å². The molecule has 0 fully saturated rings. The van der Waals surface area contributed by atoms with Gasteiger partial charge in [0.2, 0.25) is 0 Å². The third kappa shape index (κ3) is 11.4. The minimum Gasteiger partial charge on any atom is -0.484 e. The first-order valence-corrected chi connectivity index (χ1v) is 13.2. The van der Waals surface area contributed by atoms with Crippen molar-refractivity contribution in [1.29, 1.82) is 0 Å². The van der Waals surface area contributed by atoms with Crippen LogP contribution in [0.25, 0.3) is 0 Å². The van der Waals surface area contributed by atoms with Crippen LogP contribution in [0.5, 0.6) is 11.5 Å². The lowest BCUT2D eigenvalue weighted by Gasteiger charge is -2.10. The number of carbonyl (C=O) groups is 2. The maximum absolute atomic E-state index is 11.9. The third-order valence-electron chi connectivity index (χ3n) is 5.24. The molecule has 0 aliphatic heterocycles. The number of amides is 2. The van der Waals surface area contributed by atoms with Crippen LogP contribution in [0.3, 0.4) is 0 Å². The maximum Gasteiger partial charge on any atom is 0.257 e. The lowest BCUT2D eigenvalue weighted by Crippen LogP contribution is -2.29. The molecule has 2 N–H and O–H groups in total. The first-order chi connectivity index (χ1) is 16.3. The number of unbranched alkanes of at least 4 members (excludes halogenated alkanes) is 5. The molecule has 0 bridgehead atoms. The molecule has 34 heavy (non-hydrogen) atoms. The second-order valence-electron chi connectivity index (χ2n) is 8.22. The fraction of sp³-hybridized carbons (Fsp3) is 0.462. The molecule has 2 aromatic rings. The summed E-state index contributed by atoms with van der Waals surface area (Å²) in [7, 11) is 0. The zero-order valence-corrected chi connectivity index (χ0v) is 23.1. The molecule has 2 aromatic carbocycles. The number of halogens is 2. The van der Waals surface area contributed by atoms with E-state index in [0.29, 0.717) is 13.1 Å². The lowest BCUT2D eigenvalue weighted by molar-refractivity contribution is -0.123. The number of hydrogen-bond donors (Lipinski definition) is 2. The zero-order valence-electron chi connectivity index (χ0n) is 19.9. The largest absolute Gasteiger partial charge is 0.484 e. The van der Waals surface area contributed by atoms with E-state index in [9.17, 15) is 9.59 Å². The molecule has 8 heteroatoms. The van der Waals surface area contributed by atoms with E-state index in [1.807, 2.05) is 50.2 Å². The minimum absolute atomic E-state index is 0.0297. The van der Waals surface area contributed by atoms with Gasteiger partial charge in [-0.2, -0.15) is 0 Å². The van der Waals surface area contributed by atoms with E-state index in [-0.39, 0.29) is 25.0 Å². The lowest BCUT2D eigenvalue weighted by atomic mass is 10.1. The molecule has 0 spiro atoms. The number of ether oxygens (including phenoxy) is 2. The normalized spacial score (nSPS) is 10.6. The van der Waals surface area contributed by atoms with Gasteiger partial charge in [-0.1, -0.05) is 57.5 Å². The summed E-state index contributed by atoms with van der Waals surface area (Å²) in [5.41, 5.74) is 1.98. The Balaban J connectivity index is 1.41. The molecule has 0 aliphatic rings. The Hall–Kier alpha value is -2.06. The highest BCUT2D eigenvalue weighted by molar-refractivity contribution is 9.10. The monoisotopic (exact) mass is 596 g/mol. The maximum atomic E-state index is 11.9. The number of hydrogen-bond acceptors (Lipinski definition) is 4. The first kappa shape index (κ1) is 28.2. The van der Waals surface area contributed by atoms with Crippen LogP contribution < -0.4 is 20.1 Å². The molecule has 0 aliphatic carbocycles. The number of carbonyl (C=O) groups excluding carboxylic acids is 2. The predicted molar refractivity (Wildman–Crippen MR) is 142 cm³/mol. The molecule has 0 heterocycles. The predicted octanol–water partition coefficient (Wildman–Crippen LogP) is 5.86. The van der Waals surface area contributed by atoms with Crippen molar-refractivity contribution in [3.8, 4) is 11.5 Å². The second kappa shape index (κ2) is 15.8. The Morgan fingerprint density at radius 1 is 0.676 bits per heavy atom. The molecule has 0 radical (unpaired) electrons. The van der Waals surface area contributed by atoms with Crippen LogP contribution in [0.15, 0.2) is 45.3 Å². The summed E-state index contributed by atoms with van der Waals surface area (Å²) in [4.78, 5) is 23.8. The van der Waals surface area contributed by atoms with Crippen molar-refractivity contribution in [2.45, 2.75) is 52.4 Å². The third-order valence-corrected chi connectivity index (χ3v) is 6.23. The molecular formula is C26H34Br2N2O4. The molecule has 0 atom stereocenters. The van der Waals surface area contributed by atoms with Gasteiger partial charge in [0.05, 0.1) is 0 Å². The van der Waals surface area contributed by atoms with Crippen molar-refractivity contribution >= 4 is 43.7 Å². The zero-order chi connectivity index (χ0) is 24.8. The number of rotatable bonds is 15. The smallest absolute Gasteiger partial charge is 0.257 e. The molecule has 0 saturated heterocycles. The van der Waals surface area contributed by atoms with Crippen molar-refractivity contribution in [1.82, 2.24) is 10.6 Å². The van der Waals surface area contributed by atoms with E-state index in [1.165, 1.54) is 0 Å². The molecule has 2 rings (SSSR count). The van der Waals surface area contributed by atoms with Crippen LogP contribution in [-0.4, -0.2) is 38.1 Å². The molecule has 2 amide bonds. The Morgan fingerprint density at radius 3 is 1.44 bits per heavy atom. The fourth-order valence-electron chi connectivity index (χ4n) is 3.35. The van der Waals surface area contributed by atoms with Crippen molar-refractivity contribution in [2.24, 2.45) is 0 Å². The van der Waals surface area contributed by atoms with Gasteiger partial charge in [0.15, 0.2) is 13.2 Å². The number of benzene rings is 2. The van der Waals surface area contributed by atoms with Gasteiger partial charge >= 0.3 is 0 Å². The molecule has 186 valence electrons. The summed E-state index contributed by atoms with van der Waals surface area (Å²) in [5.74, 6) is 1.25. The van der Waals surface area contributed by atoms with Gasteiger partial charge in [-0.25, -0.2) is 0 Å². The summed E-state index contributed by atoms with van der Waals surface area (Å²) in [6, 6.07) is 11.4. The highest BCUT2D eigenvalue weighted by Crippen LogP contribution is 2.22. The van der Waals surface area contributed by atoms with Crippen LogP contribution in [0.2, 0.25) is 0 Å². The molecular weight excluding hydrogens is 564 g/mol. The molecule has 0 aromatic heterocycles. The van der Waals surface area contributed by atoms with Gasteiger partial charge in [0.25, 0.3) is 11.8 Å². The summed E-state index contributed by atoms with van der Waals surface area (Å²) in [6.07, 6.45) is 6.27. The summed E-state index contributed by atoms with van der Waals surface area (Å²) in [6.45, 7) is 5.29. The average Bonchev–Trinajstić information content (AvgIpc) is 2.79. The Labute approximate surface area is 219 Å². The minimum atomic E-state index is -0.0997. The Morgan fingerprint density at radius 2 is 1.06 bits per heavy atom. The highest BCUT2D eigenvalue weighted by atomic mass is 79.9. The van der Waals surface area contributed by atoms with Gasteiger partial charge < -0.3 is 20.1 Å². The van der Waals surface area contributed by atoms with E-state index in [0.717, 1.165) is 70.1 Å². The van der Waals surface area contributed by atoms with Crippen molar-refractivity contribution in [3.05, 3.63) is 56.5 Å². The SMILES string of the molecule is Cc1cc(Br)ccc1OCC(=O)NCCCCCCCCNC(=O)COc1ccc(Br)cc1C. The summed E-state index contributed by atoms with van der Waals surface area (Å²) >= 11 is 6.83. The summed E-state index contributed by atoms with van der Waals surface area (Å²) < 4.78 is 13.1. The van der Waals surface area contributed by atoms with Gasteiger partial charge in [0.1, 0.15) is 11.5 Å². The van der Waals surface area contributed by atoms with E-state index in [1.54, 1.807) is 0 Å². The Kier molecular flexibility index (Phi) is 13.1. The summed E-state index contributed by atoms with van der Waals surface area (Å²) in [5, 5.41) is 5.80. The quantitative estimate of drug-likeness (QED) is 0.252. The number of aryl methyl sites for hydroxylation is 2. The topological polar surface area (TPSA) is 76.7 Å². The van der Waals surface area contributed by atoms with Crippen molar-refractivity contribution < 1.29 is 19.1 Å². The van der Waals surface area contributed by atoms with E-state index in [4.69, 9.17) is 9.47 Å². The average molecular weight is 598 g/mol. The number of nitrogens with one attached hydrogen (secondary N) is 2.